The normalized spacial score (nSPS) is 11.3. The average Bonchev–Trinajstić information content (AvgIpc) is 2.51. The molecule has 0 saturated heterocycles. The van der Waals surface area contributed by atoms with Gasteiger partial charge in [0.1, 0.15) is 5.56 Å². The molecule has 2 aromatic heterocycles. The van der Waals surface area contributed by atoms with Crippen LogP contribution < -0.4 is 14.9 Å². The summed E-state index contributed by atoms with van der Waals surface area (Å²) in [6.45, 7) is 1.33. The van der Waals surface area contributed by atoms with Crippen LogP contribution in [0.1, 0.15) is 15.9 Å². The lowest BCUT2D eigenvalue weighted by molar-refractivity contribution is -0.778. The Morgan fingerprint density at radius 1 is 1.09 bits per heavy atom. The zero-order valence-electron chi connectivity index (χ0n) is 12.5. The Morgan fingerprint density at radius 2 is 1.74 bits per heavy atom. The molecule has 0 spiro atoms. The van der Waals surface area contributed by atoms with E-state index in [1.165, 1.54) is 0 Å². The van der Waals surface area contributed by atoms with Crippen molar-refractivity contribution in [1.82, 2.24) is 0 Å². The fraction of sp³-hybridized carbons (Fsp3) is 0.267. The molecule has 0 aromatic carbocycles. The molecule has 0 aliphatic rings. The minimum absolute atomic E-state index is 0.210. The standard InChI is InChI=1S/C15H17N3O4S/c16-15(19)14-2-1-6-18(12-14)10-9-17-7-3-13(4-8-17)5-11-23(20,21)22/h1-4,6-8,12H,5,9-11H2,(H-2,16,19,20,21,22)/p+1. The minimum Gasteiger partial charge on any atom is -0.748 e. The van der Waals surface area contributed by atoms with Crippen LogP contribution in [-0.2, 0) is 29.6 Å². The SMILES string of the molecule is NC(=O)c1ccc[n+](CC[n+]2ccc(CCS(=O)(=O)[O-])cc2)c1. The second-order valence-electron chi connectivity index (χ2n) is 5.15. The average molecular weight is 336 g/mol. The fourth-order valence-electron chi connectivity index (χ4n) is 2.08. The molecule has 0 unspecified atom stereocenters. The number of rotatable bonds is 7. The molecule has 2 rings (SSSR count). The highest BCUT2D eigenvalue weighted by Crippen LogP contribution is 1.99. The molecule has 8 heteroatoms. The summed E-state index contributed by atoms with van der Waals surface area (Å²) in [5.74, 6) is -0.864. The van der Waals surface area contributed by atoms with E-state index in [1.54, 1.807) is 30.5 Å². The van der Waals surface area contributed by atoms with E-state index in [1.807, 2.05) is 27.7 Å². The Morgan fingerprint density at radius 3 is 2.35 bits per heavy atom. The van der Waals surface area contributed by atoms with Crippen LogP contribution in [0.2, 0.25) is 0 Å². The van der Waals surface area contributed by atoms with E-state index < -0.39 is 21.8 Å². The highest BCUT2D eigenvalue weighted by atomic mass is 32.2. The number of hydrogen-bond donors (Lipinski definition) is 1. The van der Waals surface area contributed by atoms with Crippen molar-refractivity contribution in [3.8, 4) is 0 Å². The molecule has 7 nitrogen and oxygen atoms in total. The smallest absolute Gasteiger partial charge is 0.254 e. The Hall–Kier alpha value is -2.32. The second kappa shape index (κ2) is 7.30. The summed E-state index contributed by atoms with van der Waals surface area (Å²) in [6.07, 6.45) is 7.40. The van der Waals surface area contributed by atoms with E-state index >= 15 is 0 Å². The summed E-state index contributed by atoms with van der Waals surface area (Å²) >= 11 is 0. The predicted molar refractivity (Wildman–Crippen MR) is 80.1 cm³/mol. The van der Waals surface area contributed by atoms with Crippen LogP contribution >= 0.6 is 0 Å². The van der Waals surface area contributed by atoms with Crippen molar-refractivity contribution < 1.29 is 26.9 Å². The van der Waals surface area contributed by atoms with Crippen molar-refractivity contribution in [3.63, 3.8) is 0 Å². The largest absolute Gasteiger partial charge is 0.748 e. The number of aromatic nitrogens is 2. The van der Waals surface area contributed by atoms with Gasteiger partial charge in [0.05, 0.1) is 10.1 Å². The quantitative estimate of drug-likeness (QED) is 0.525. The van der Waals surface area contributed by atoms with Gasteiger partial charge in [-0.3, -0.25) is 4.79 Å². The van der Waals surface area contributed by atoms with Crippen molar-refractivity contribution in [1.29, 1.82) is 0 Å². The topological polar surface area (TPSA) is 108 Å². The first kappa shape index (κ1) is 17.0. The number of hydrogen-bond acceptors (Lipinski definition) is 4. The van der Waals surface area contributed by atoms with E-state index in [9.17, 15) is 17.8 Å². The minimum atomic E-state index is -4.19. The molecule has 0 atom stereocenters. The first-order valence-electron chi connectivity index (χ1n) is 7.04. The maximum absolute atomic E-state index is 11.1. The number of primary amides is 1. The van der Waals surface area contributed by atoms with Gasteiger partial charge >= 0.3 is 0 Å². The highest BCUT2D eigenvalue weighted by molar-refractivity contribution is 7.85. The zero-order chi connectivity index (χ0) is 16.9. The summed E-state index contributed by atoms with van der Waals surface area (Å²) in [4.78, 5) is 11.1. The van der Waals surface area contributed by atoms with Crippen molar-refractivity contribution in [2.45, 2.75) is 19.5 Å². The lowest BCUT2D eigenvalue weighted by Crippen LogP contribution is -2.44. The van der Waals surface area contributed by atoms with E-state index in [0.29, 0.717) is 18.7 Å². The molecule has 0 aliphatic heterocycles. The van der Waals surface area contributed by atoms with Gasteiger partial charge in [0.2, 0.25) is 13.1 Å². The predicted octanol–water partition coefficient (Wildman–Crippen LogP) is -0.852. The van der Waals surface area contributed by atoms with Crippen molar-refractivity contribution in [2.75, 3.05) is 5.75 Å². The maximum Gasteiger partial charge on any atom is 0.254 e. The van der Waals surface area contributed by atoms with Crippen LogP contribution in [-0.4, -0.2) is 24.6 Å². The van der Waals surface area contributed by atoms with Crippen molar-refractivity contribution in [2.24, 2.45) is 5.73 Å². The molecular weight excluding hydrogens is 318 g/mol. The Bertz CT molecular complexity index is 789. The van der Waals surface area contributed by atoms with Crippen molar-refractivity contribution in [3.05, 3.63) is 60.2 Å². The van der Waals surface area contributed by atoms with E-state index in [2.05, 4.69) is 0 Å². The summed E-state index contributed by atoms with van der Waals surface area (Å²) in [7, 11) is -4.19. The molecule has 0 saturated carbocycles. The first-order valence-corrected chi connectivity index (χ1v) is 8.62. The number of nitrogens with zero attached hydrogens (tertiary/aromatic N) is 2. The summed E-state index contributed by atoms with van der Waals surface area (Å²) in [5.41, 5.74) is 6.49. The Labute approximate surface area is 134 Å². The van der Waals surface area contributed by atoms with Gasteiger partial charge in [0.25, 0.3) is 5.91 Å². The van der Waals surface area contributed by atoms with Gasteiger partial charge in [-0.1, -0.05) is 0 Å². The number of carbonyl (C=O) groups is 1. The number of aryl methyl sites for hydroxylation is 3. The molecule has 0 aliphatic carbocycles. The first-order chi connectivity index (χ1) is 10.8. The number of amides is 1. The maximum atomic E-state index is 11.1. The monoisotopic (exact) mass is 336 g/mol. The van der Waals surface area contributed by atoms with E-state index in [0.717, 1.165) is 5.56 Å². The van der Waals surface area contributed by atoms with Crippen LogP contribution in [0.3, 0.4) is 0 Å². The summed E-state index contributed by atoms with van der Waals surface area (Å²) < 4.78 is 35.6. The molecule has 2 N–H and O–H groups in total. The Balaban J connectivity index is 1.94. The van der Waals surface area contributed by atoms with Crippen molar-refractivity contribution >= 4 is 16.0 Å². The zero-order valence-corrected chi connectivity index (χ0v) is 13.3. The van der Waals surface area contributed by atoms with E-state index in [-0.39, 0.29) is 6.42 Å². The lowest BCUT2D eigenvalue weighted by Gasteiger charge is -2.05. The summed E-state index contributed by atoms with van der Waals surface area (Å²) in [5, 5.41) is 0. The van der Waals surface area contributed by atoms with Crippen LogP contribution in [0.5, 0.6) is 0 Å². The molecular formula is C15H18N3O4S+. The third kappa shape index (κ3) is 5.76. The van der Waals surface area contributed by atoms with Gasteiger partial charge < -0.3 is 10.3 Å². The summed E-state index contributed by atoms with van der Waals surface area (Å²) in [6, 6.07) is 6.99. The van der Waals surface area contributed by atoms with Crippen LogP contribution in [0.4, 0.5) is 0 Å². The van der Waals surface area contributed by atoms with Gasteiger partial charge in [-0.25, -0.2) is 8.42 Å². The number of nitrogens with two attached hydrogens (primary N) is 1. The van der Waals surface area contributed by atoms with Gasteiger partial charge in [0.15, 0.2) is 24.8 Å². The molecule has 0 radical (unpaired) electrons. The molecule has 122 valence electrons. The van der Waals surface area contributed by atoms with Gasteiger partial charge in [0, 0.05) is 24.0 Å². The third-order valence-corrected chi connectivity index (χ3v) is 4.06. The Kier molecular flexibility index (Phi) is 5.41. The number of carbonyl (C=O) groups excluding carboxylic acids is 1. The second-order valence-corrected chi connectivity index (χ2v) is 6.67. The van der Waals surface area contributed by atoms with Crippen LogP contribution in [0.25, 0.3) is 0 Å². The van der Waals surface area contributed by atoms with Crippen LogP contribution in [0.15, 0.2) is 49.1 Å². The fourth-order valence-corrected chi connectivity index (χ4v) is 2.57. The van der Waals surface area contributed by atoms with Gasteiger partial charge in [-0.15, -0.1) is 0 Å². The lowest BCUT2D eigenvalue weighted by atomic mass is 10.2. The molecule has 2 heterocycles. The molecule has 23 heavy (non-hydrogen) atoms. The molecule has 0 fully saturated rings. The van der Waals surface area contributed by atoms with E-state index in [4.69, 9.17) is 5.73 Å². The van der Waals surface area contributed by atoms with Crippen LogP contribution in [0, 0.1) is 0 Å². The third-order valence-electron chi connectivity index (χ3n) is 3.36. The molecule has 0 bridgehead atoms. The van der Waals surface area contributed by atoms with Gasteiger partial charge in [-0.2, -0.15) is 9.13 Å². The highest BCUT2D eigenvalue weighted by Gasteiger charge is 2.10. The number of pyridine rings is 2. The van der Waals surface area contributed by atoms with Gasteiger partial charge in [-0.05, 0) is 18.1 Å². The molecule has 1 amide bonds. The molecule has 2 aromatic rings.